The molecule has 1 aliphatic rings. The van der Waals surface area contributed by atoms with Crippen LogP contribution in [-0.2, 0) is 6.18 Å². The first-order chi connectivity index (χ1) is 12.9. The molecule has 28 heavy (non-hydrogen) atoms. The van der Waals surface area contributed by atoms with Gasteiger partial charge in [0, 0.05) is 18.2 Å². The van der Waals surface area contributed by atoms with Crippen molar-refractivity contribution in [3.05, 3.63) is 47.8 Å². The van der Waals surface area contributed by atoms with Crippen LogP contribution < -0.4 is 5.32 Å². The topological polar surface area (TPSA) is 50.2 Å². The van der Waals surface area contributed by atoms with E-state index in [0.29, 0.717) is 12.1 Å². The maximum atomic E-state index is 13.2. The molecule has 2 aromatic rings. The second-order valence-electron chi connectivity index (χ2n) is 6.66. The second kappa shape index (κ2) is 9.43. The van der Waals surface area contributed by atoms with E-state index in [9.17, 15) is 18.0 Å². The van der Waals surface area contributed by atoms with Crippen LogP contribution in [0.3, 0.4) is 0 Å². The van der Waals surface area contributed by atoms with Gasteiger partial charge in [-0.15, -0.1) is 12.4 Å². The molecule has 0 spiro atoms. The molecule has 1 N–H and O–H groups in total. The SMILES string of the molecule is CCCN(C(=O)c1cccc(-n2nccc2C(F)(F)F)c1)C1CCNCC1.Cl. The molecule has 1 fully saturated rings. The van der Waals surface area contributed by atoms with Gasteiger partial charge in [-0.3, -0.25) is 4.79 Å². The van der Waals surface area contributed by atoms with Crippen LogP contribution in [0.15, 0.2) is 36.5 Å². The molecule has 0 unspecified atom stereocenters. The molecule has 1 aromatic carbocycles. The van der Waals surface area contributed by atoms with Crippen LogP contribution in [0.1, 0.15) is 42.2 Å². The number of amides is 1. The third-order valence-corrected chi connectivity index (χ3v) is 4.75. The van der Waals surface area contributed by atoms with E-state index in [2.05, 4.69) is 10.4 Å². The first-order valence-corrected chi connectivity index (χ1v) is 9.15. The van der Waals surface area contributed by atoms with Crippen molar-refractivity contribution in [3.8, 4) is 5.69 Å². The fraction of sp³-hybridized carbons (Fsp3) is 0.474. The lowest BCUT2D eigenvalue weighted by atomic mass is 10.0. The van der Waals surface area contributed by atoms with E-state index in [1.807, 2.05) is 11.8 Å². The number of carbonyl (C=O) groups is 1. The number of nitrogens with one attached hydrogen (secondary N) is 1. The third kappa shape index (κ3) is 4.86. The molecule has 1 aromatic heterocycles. The molecular weight excluding hydrogens is 393 g/mol. The fourth-order valence-electron chi connectivity index (χ4n) is 3.47. The number of benzene rings is 1. The Labute approximate surface area is 168 Å². The predicted octanol–water partition coefficient (Wildman–Crippen LogP) is 3.92. The van der Waals surface area contributed by atoms with E-state index >= 15 is 0 Å². The predicted molar refractivity (Wildman–Crippen MR) is 103 cm³/mol. The van der Waals surface area contributed by atoms with Crippen molar-refractivity contribution in [2.45, 2.75) is 38.4 Å². The number of piperidine rings is 1. The molecule has 1 aliphatic heterocycles. The van der Waals surface area contributed by atoms with Gasteiger partial charge in [-0.25, -0.2) is 4.68 Å². The van der Waals surface area contributed by atoms with Gasteiger partial charge in [0.15, 0.2) is 0 Å². The summed E-state index contributed by atoms with van der Waals surface area (Å²) in [5, 5.41) is 7.07. The van der Waals surface area contributed by atoms with E-state index in [-0.39, 0.29) is 30.0 Å². The number of halogens is 4. The summed E-state index contributed by atoms with van der Waals surface area (Å²) in [5.74, 6) is -0.147. The molecule has 1 amide bonds. The number of alkyl halides is 3. The number of carbonyl (C=O) groups excluding carboxylic acids is 1. The van der Waals surface area contributed by atoms with Crippen molar-refractivity contribution in [3.63, 3.8) is 0 Å². The van der Waals surface area contributed by atoms with E-state index in [0.717, 1.165) is 49.3 Å². The average molecular weight is 417 g/mol. The Hall–Kier alpha value is -2.06. The van der Waals surface area contributed by atoms with Crippen LogP contribution in [0.25, 0.3) is 5.69 Å². The van der Waals surface area contributed by atoms with Gasteiger partial charge in [0.25, 0.3) is 5.91 Å². The van der Waals surface area contributed by atoms with E-state index in [4.69, 9.17) is 0 Å². The normalized spacial score (nSPS) is 15.1. The summed E-state index contributed by atoms with van der Waals surface area (Å²) in [4.78, 5) is 14.9. The highest BCUT2D eigenvalue weighted by atomic mass is 35.5. The number of nitrogens with zero attached hydrogens (tertiary/aromatic N) is 3. The zero-order valence-electron chi connectivity index (χ0n) is 15.6. The molecule has 2 heterocycles. The Kier molecular flexibility index (Phi) is 7.48. The van der Waals surface area contributed by atoms with Crippen LogP contribution in [0.4, 0.5) is 13.2 Å². The summed E-state index contributed by atoms with van der Waals surface area (Å²) in [7, 11) is 0. The first-order valence-electron chi connectivity index (χ1n) is 9.15. The maximum Gasteiger partial charge on any atom is 0.433 e. The summed E-state index contributed by atoms with van der Waals surface area (Å²) in [6.45, 7) is 4.36. The van der Waals surface area contributed by atoms with Crippen LogP contribution in [0, 0.1) is 0 Å². The summed E-state index contributed by atoms with van der Waals surface area (Å²) in [6, 6.07) is 7.32. The summed E-state index contributed by atoms with van der Waals surface area (Å²) < 4.78 is 40.3. The molecule has 0 saturated carbocycles. The third-order valence-electron chi connectivity index (χ3n) is 4.75. The Morgan fingerprint density at radius 3 is 2.64 bits per heavy atom. The van der Waals surface area contributed by atoms with Gasteiger partial charge < -0.3 is 10.2 Å². The molecule has 0 bridgehead atoms. The molecule has 3 rings (SSSR count). The summed E-state index contributed by atoms with van der Waals surface area (Å²) >= 11 is 0. The van der Waals surface area contributed by atoms with Gasteiger partial charge in [-0.05, 0) is 56.6 Å². The first kappa shape index (κ1) is 22.2. The van der Waals surface area contributed by atoms with E-state index < -0.39 is 11.9 Å². The number of hydrogen-bond acceptors (Lipinski definition) is 3. The second-order valence-corrected chi connectivity index (χ2v) is 6.66. The fourth-order valence-corrected chi connectivity index (χ4v) is 3.47. The van der Waals surface area contributed by atoms with Gasteiger partial charge in [0.2, 0.25) is 0 Å². The highest BCUT2D eigenvalue weighted by molar-refractivity contribution is 5.95. The molecule has 0 atom stereocenters. The lowest BCUT2D eigenvalue weighted by Crippen LogP contribution is -2.46. The van der Waals surface area contributed by atoms with Crippen LogP contribution in [0.2, 0.25) is 0 Å². The Morgan fingerprint density at radius 1 is 1.29 bits per heavy atom. The molecular formula is C19H24ClF3N4O. The van der Waals surface area contributed by atoms with Gasteiger partial charge in [-0.1, -0.05) is 13.0 Å². The monoisotopic (exact) mass is 416 g/mol. The largest absolute Gasteiger partial charge is 0.433 e. The minimum absolute atomic E-state index is 0. The Balaban J connectivity index is 0.00000280. The van der Waals surface area contributed by atoms with Crippen molar-refractivity contribution >= 4 is 18.3 Å². The minimum atomic E-state index is -4.51. The van der Waals surface area contributed by atoms with Crippen molar-refractivity contribution in [1.29, 1.82) is 0 Å². The molecule has 154 valence electrons. The van der Waals surface area contributed by atoms with E-state index in [1.165, 1.54) is 12.1 Å². The summed E-state index contributed by atoms with van der Waals surface area (Å²) in [5.41, 5.74) is -0.265. The van der Waals surface area contributed by atoms with Crippen molar-refractivity contribution in [2.24, 2.45) is 0 Å². The molecule has 1 saturated heterocycles. The standard InChI is InChI=1S/C19H23F3N4O.ClH/c1-2-12-25(15-6-9-23-10-7-15)18(27)14-4-3-5-16(13-14)26-17(8-11-24-26)19(20,21)22;/h3-5,8,11,13,15,23H,2,6-7,9-10,12H2,1H3;1H. The van der Waals surface area contributed by atoms with E-state index in [1.54, 1.807) is 12.1 Å². The molecule has 0 aliphatic carbocycles. The van der Waals surface area contributed by atoms with Gasteiger partial charge >= 0.3 is 6.18 Å². The van der Waals surface area contributed by atoms with Gasteiger partial charge in [0.1, 0.15) is 5.69 Å². The molecule has 5 nitrogen and oxygen atoms in total. The molecule has 9 heteroatoms. The number of hydrogen-bond donors (Lipinski definition) is 1. The number of aromatic nitrogens is 2. The smallest absolute Gasteiger partial charge is 0.336 e. The maximum absolute atomic E-state index is 13.2. The average Bonchev–Trinajstić information content (AvgIpc) is 3.17. The van der Waals surface area contributed by atoms with Gasteiger partial charge in [-0.2, -0.15) is 18.3 Å². The minimum Gasteiger partial charge on any atom is -0.336 e. The zero-order chi connectivity index (χ0) is 19.4. The summed E-state index contributed by atoms with van der Waals surface area (Å²) in [6.07, 6.45) is -0.825. The highest BCUT2D eigenvalue weighted by Crippen LogP contribution is 2.30. The lowest BCUT2D eigenvalue weighted by molar-refractivity contribution is -0.142. The van der Waals surface area contributed by atoms with Crippen molar-refractivity contribution < 1.29 is 18.0 Å². The quantitative estimate of drug-likeness (QED) is 0.803. The lowest BCUT2D eigenvalue weighted by Gasteiger charge is -2.34. The molecule has 0 radical (unpaired) electrons. The van der Waals surface area contributed by atoms with Crippen molar-refractivity contribution in [2.75, 3.05) is 19.6 Å². The van der Waals surface area contributed by atoms with Crippen LogP contribution in [-0.4, -0.2) is 46.3 Å². The Morgan fingerprint density at radius 2 is 2.00 bits per heavy atom. The van der Waals surface area contributed by atoms with Crippen LogP contribution >= 0.6 is 12.4 Å². The number of rotatable bonds is 5. The van der Waals surface area contributed by atoms with Crippen LogP contribution in [0.5, 0.6) is 0 Å². The highest BCUT2D eigenvalue weighted by Gasteiger charge is 2.35. The zero-order valence-corrected chi connectivity index (χ0v) is 16.4. The Bertz CT molecular complexity index is 787. The van der Waals surface area contributed by atoms with Gasteiger partial charge in [0.05, 0.1) is 11.9 Å². The van der Waals surface area contributed by atoms with Crippen molar-refractivity contribution in [1.82, 2.24) is 20.0 Å².